The van der Waals surface area contributed by atoms with E-state index in [1.54, 1.807) is 24.6 Å². The van der Waals surface area contributed by atoms with Gasteiger partial charge >= 0.3 is 6.41 Å². The highest BCUT2D eigenvalue weighted by Gasteiger charge is 2.10. The van der Waals surface area contributed by atoms with Crippen LogP contribution < -0.4 is 5.43 Å². The second kappa shape index (κ2) is 7.31. The van der Waals surface area contributed by atoms with Crippen LogP contribution >= 0.6 is 0 Å². The van der Waals surface area contributed by atoms with Gasteiger partial charge in [0.2, 0.25) is 0 Å². The van der Waals surface area contributed by atoms with E-state index in [4.69, 9.17) is 0 Å². The Labute approximate surface area is 79.4 Å². The number of hydrazine groups is 1. The van der Waals surface area contributed by atoms with Crippen molar-refractivity contribution in [2.75, 3.05) is 6.54 Å². The monoisotopic (exact) mass is 179 g/mol. The fourth-order valence-electron chi connectivity index (χ4n) is 0.858. The molecule has 1 atom stereocenters. The average Bonchev–Trinajstić information content (AvgIpc) is 2.17. The molecule has 0 spiro atoms. The molecule has 3 nitrogen and oxygen atoms in total. The van der Waals surface area contributed by atoms with E-state index in [9.17, 15) is 4.79 Å². The molecular formula is C10H15N2O. The van der Waals surface area contributed by atoms with E-state index in [-0.39, 0.29) is 6.04 Å². The lowest BCUT2D eigenvalue weighted by atomic mass is 10.2. The number of nitrogens with one attached hydrogen (secondary N) is 1. The highest BCUT2D eigenvalue weighted by atomic mass is 16.1. The molecule has 0 saturated heterocycles. The second-order valence-corrected chi connectivity index (χ2v) is 2.44. The molecule has 0 fully saturated rings. The molecule has 0 rings (SSSR count). The molecule has 1 N–H and O–H groups in total. The van der Waals surface area contributed by atoms with Crippen molar-refractivity contribution < 1.29 is 4.79 Å². The number of hydrogen-bond donors (Lipinski definition) is 1. The number of hydrogen-bond acceptors (Lipinski definition) is 2. The topological polar surface area (TPSA) is 32.3 Å². The van der Waals surface area contributed by atoms with E-state index in [0.717, 1.165) is 0 Å². The van der Waals surface area contributed by atoms with Gasteiger partial charge in [-0.25, -0.2) is 5.43 Å². The summed E-state index contributed by atoms with van der Waals surface area (Å²) in [6.45, 7) is 11.3. The first-order valence-corrected chi connectivity index (χ1v) is 4.05. The summed E-state index contributed by atoms with van der Waals surface area (Å²) in [7, 11) is 0. The molecule has 1 unspecified atom stereocenters. The Morgan fingerprint density at radius 2 is 2.08 bits per heavy atom. The molecule has 3 heteroatoms. The Balaban J connectivity index is 4.14. The standard InChI is InChI=1S/C10H15N2O/c1-4-7-10(6-3)12(9-13)11-8-5-2/h4-6,10-11H,1-3,7-8H2. The minimum Gasteiger partial charge on any atom is -0.262 e. The van der Waals surface area contributed by atoms with E-state index in [1.165, 1.54) is 5.01 Å². The summed E-state index contributed by atoms with van der Waals surface area (Å²) >= 11 is 0. The van der Waals surface area contributed by atoms with Crippen molar-refractivity contribution in [3.63, 3.8) is 0 Å². The zero-order valence-corrected chi connectivity index (χ0v) is 7.70. The van der Waals surface area contributed by atoms with Crippen molar-refractivity contribution in [1.82, 2.24) is 10.4 Å². The van der Waals surface area contributed by atoms with Crippen molar-refractivity contribution in [3.05, 3.63) is 38.0 Å². The van der Waals surface area contributed by atoms with Crippen LogP contribution in [0.2, 0.25) is 0 Å². The predicted octanol–water partition coefficient (Wildman–Crippen LogP) is 1.18. The number of rotatable bonds is 8. The van der Waals surface area contributed by atoms with Gasteiger partial charge < -0.3 is 0 Å². The van der Waals surface area contributed by atoms with Crippen LogP contribution in [-0.4, -0.2) is 24.0 Å². The molecule has 1 amide bonds. The first kappa shape index (κ1) is 11.6. The first-order valence-electron chi connectivity index (χ1n) is 4.05. The highest BCUT2D eigenvalue weighted by Crippen LogP contribution is 2.00. The van der Waals surface area contributed by atoms with Gasteiger partial charge in [-0.3, -0.25) is 9.80 Å². The lowest BCUT2D eigenvalue weighted by Crippen LogP contribution is -2.43. The molecule has 0 aliphatic heterocycles. The number of amides is 1. The Bertz CT molecular complexity index is 189. The minimum atomic E-state index is -0.102. The summed E-state index contributed by atoms with van der Waals surface area (Å²) in [5, 5.41) is 1.33. The smallest absolute Gasteiger partial charge is 0.262 e. The van der Waals surface area contributed by atoms with Crippen LogP contribution in [0.5, 0.6) is 0 Å². The lowest BCUT2D eigenvalue weighted by Gasteiger charge is -2.23. The Morgan fingerprint density at radius 3 is 2.46 bits per heavy atom. The largest absolute Gasteiger partial charge is 0.328 e. The van der Waals surface area contributed by atoms with E-state index in [1.807, 2.05) is 0 Å². The van der Waals surface area contributed by atoms with Gasteiger partial charge in [-0.2, -0.15) is 0 Å². The maximum atomic E-state index is 10.5. The predicted molar refractivity (Wildman–Crippen MR) is 54.5 cm³/mol. The average molecular weight is 179 g/mol. The molecule has 0 saturated carbocycles. The third-order valence-electron chi connectivity index (χ3n) is 1.52. The molecule has 0 bridgehead atoms. The molecule has 0 aromatic rings. The van der Waals surface area contributed by atoms with Crippen LogP contribution in [0.4, 0.5) is 0 Å². The van der Waals surface area contributed by atoms with Crippen LogP contribution in [0.3, 0.4) is 0 Å². The minimum absolute atomic E-state index is 0.102. The summed E-state index contributed by atoms with van der Waals surface area (Å²) in [6, 6.07) is -0.102. The van der Waals surface area contributed by atoms with Crippen LogP contribution in [0.1, 0.15) is 6.42 Å². The number of nitrogens with zero attached hydrogens (tertiary/aromatic N) is 1. The van der Waals surface area contributed by atoms with Gasteiger partial charge in [-0.1, -0.05) is 18.2 Å². The molecule has 0 aromatic heterocycles. The molecule has 0 heterocycles. The van der Waals surface area contributed by atoms with Crippen LogP contribution in [0, 0.1) is 0 Å². The third-order valence-corrected chi connectivity index (χ3v) is 1.52. The molecule has 1 radical (unpaired) electrons. The summed E-state index contributed by atoms with van der Waals surface area (Å²) in [4.78, 5) is 10.5. The van der Waals surface area contributed by atoms with Crippen molar-refractivity contribution >= 4 is 6.41 Å². The molecule has 0 aromatic carbocycles. The Morgan fingerprint density at radius 1 is 1.38 bits per heavy atom. The molecule has 0 aliphatic rings. The van der Waals surface area contributed by atoms with Crippen molar-refractivity contribution in [3.8, 4) is 0 Å². The molecule has 13 heavy (non-hydrogen) atoms. The number of carbonyl (C=O) groups excluding carboxylic acids is 1. The van der Waals surface area contributed by atoms with Crippen molar-refractivity contribution in [2.45, 2.75) is 12.5 Å². The zero-order valence-electron chi connectivity index (χ0n) is 7.70. The second-order valence-electron chi connectivity index (χ2n) is 2.44. The molecule has 0 aliphatic carbocycles. The van der Waals surface area contributed by atoms with Crippen LogP contribution in [0.15, 0.2) is 38.0 Å². The van der Waals surface area contributed by atoms with Gasteiger partial charge in [0.25, 0.3) is 0 Å². The quantitative estimate of drug-likeness (QED) is 0.345. The van der Waals surface area contributed by atoms with E-state index >= 15 is 0 Å². The summed E-state index contributed by atoms with van der Waals surface area (Å²) in [5.74, 6) is 0. The third kappa shape index (κ3) is 4.28. The van der Waals surface area contributed by atoms with Gasteiger partial charge in [0, 0.05) is 6.54 Å². The van der Waals surface area contributed by atoms with Crippen molar-refractivity contribution in [1.29, 1.82) is 0 Å². The van der Waals surface area contributed by atoms with E-state index in [0.29, 0.717) is 13.0 Å². The molecule has 71 valence electrons. The Hall–Kier alpha value is -1.35. The SMILES string of the molecule is C=CCNN([C]=O)C(C=C)CC=C. The van der Waals surface area contributed by atoms with Crippen LogP contribution in [-0.2, 0) is 4.79 Å². The first-order chi connectivity index (χ1) is 6.29. The fourth-order valence-corrected chi connectivity index (χ4v) is 0.858. The van der Waals surface area contributed by atoms with E-state index in [2.05, 4.69) is 25.2 Å². The highest BCUT2D eigenvalue weighted by molar-refractivity contribution is 5.48. The normalized spacial score (nSPS) is 11.4. The summed E-state index contributed by atoms with van der Waals surface area (Å²) in [6.07, 6.45) is 7.50. The zero-order chi connectivity index (χ0) is 10.1. The van der Waals surface area contributed by atoms with Gasteiger partial charge in [-0.15, -0.1) is 19.7 Å². The van der Waals surface area contributed by atoms with E-state index < -0.39 is 0 Å². The van der Waals surface area contributed by atoms with Gasteiger partial charge in [0.1, 0.15) is 0 Å². The van der Waals surface area contributed by atoms with Gasteiger partial charge in [0.05, 0.1) is 6.04 Å². The van der Waals surface area contributed by atoms with Gasteiger partial charge in [0.15, 0.2) is 0 Å². The van der Waals surface area contributed by atoms with Crippen LogP contribution in [0.25, 0.3) is 0 Å². The molecular weight excluding hydrogens is 164 g/mol. The van der Waals surface area contributed by atoms with Crippen molar-refractivity contribution in [2.24, 2.45) is 0 Å². The van der Waals surface area contributed by atoms with Gasteiger partial charge in [-0.05, 0) is 6.42 Å². The summed E-state index contributed by atoms with van der Waals surface area (Å²) in [5.41, 5.74) is 2.83. The maximum Gasteiger partial charge on any atom is 0.328 e. The Kier molecular flexibility index (Phi) is 6.55. The fraction of sp³-hybridized carbons (Fsp3) is 0.300. The lowest BCUT2D eigenvalue weighted by molar-refractivity contribution is 0.259. The summed E-state index contributed by atoms with van der Waals surface area (Å²) < 4.78 is 0. The maximum absolute atomic E-state index is 10.5.